The predicted octanol–water partition coefficient (Wildman–Crippen LogP) is 2.14. The van der Waals surface area contributed by atoms with Gasteiger partial charge in [-0.05, 0) is 19.2 Å². The fraction of sp³-hybridized carbons (Fsp3) is 0.364. The number of hydrogen-bond acceptors (Lipinski definition) is 5. The molecule has 1 amide bonds. The Morgan fingerprint density at radius 3 is 3.00 bits per heavy atom. The molecule has 0 fully saturated rings. The number of nitrogens with one attached hydrogen (secondary N) is 2. The van der Waals surface area contributed by atoms with Gasteiger partial charge in [-0.25, -0.2) is 0 Å². The summed E-state index contributed by atoms with van der Waals surface area (Å²) in [6.07, 6.45) is 0. The van der Waals surface area contributed by atoms with Gasteiger partial charge in [0.25, 0.3) is 0 Å². The first-order valence-electron chi connectivity index (χ1n) is 5.49. The third-order valence-electron chi connectivity index (χ3n) is 2.58. The summed E-state index contributed by atoms with van der Waals surface area (Å²) in [4.78, 5) is 12.0. The monoisotopic (exact) mass is 284 g/mol. The number of halogens is 1. The van der Waals surface area contributed by atoms with Crippen LogP contribution in [0.2, 0.25) is 5.02 Å². The van der Waals surface area contributed by atoms with Crippen LogP contribution in [0.4, 0.5) is 5.69 Å². The number of hydrogen-bond donors (Lipinski definition) is 2. The molecule has 0 saturated heterocycles. The molecule has 2 rings (SSSR count). The van der Waals surface area contributed by atoms with Gasteiger partial charge in [0, 0.05) is 12.5 Å². The molecular formula is C11H13ClN4OS. The van der Waals surface area contributed by atoms with Gasteiger partial charge < -0.3 is 10.6 Å². The van der Waals surface area contributed by atoms with Gasteiger partial charge in [-0.1, -0.05) is 18.5 Å². The van der Waals surface area contributed by atoms with E-state index in [0.717, 1.165) is 17.2 Å². The zero-order valence-corrected chi connectivity index (χ0v) is 11.6. The van der Waals surface area contributed by atoms with Gasteiger partial charge >= 0.3 is 0 Å². The second-order valence-corrected chi connectivity index (χ2v) is 4.94. The maximum atomic E-state index is 12.0. The van der Waals surface area contributed by atoms with E-state index in [-0.39, 0.29) is 11.8 Å². The Bertz CT molecular complexity index is 571. The summed E-state index contributed by atoms with van der Waals surface area (Å²) in [6.45, 7) is 2.45. The zero-order chi connectivity index (χ0) is 13.1. The molecule has 0 saturated carbocycles. The van der Waals surface area contributed by atoms with E-state index < -0.39 is 0 Å². The number of rotatable bonds is 4. The van der Waals surface area contributed by atoms with Crippen molar-refractivity contribution in [2.75, 3.05) is 18.9 Å². The van der Waals surface area contributed by atoms with Crippen LogP contribution in [0, 0.1) is 5.92 Å². The molecule has 18 heavy (non-hydrogen) atoms. The van der Waals surface area contributed by atoms with Gasteiger partial charge in [0.05, 0.1) is 22.4 Å². The first kappa shape index (κ1) is 13.2. The second-order valence-electron chi connectivity index (χ2n) is 4.00. The molecule has 0 aliphatic rings. The number of fused-ring (bicyclic) bond motifs is 1. The van der Waals surface area contributed by atoms with Crippen LogP contribution in [-0.4, -0.2) is 28.2 Å². The molecule has 2 N–H and O–H groups in total. The fourth-order valence-corrected chi connectivity index (χ4v) is 2.33. The van der Waals surface area contributed by atoms with Gasteiger partial charge in [0.2, 0.25) is 5.91 Å². The van der Waals surface area contributed by atoms with Crippen LogP contribution in [0.15, 0.2) is 12.1 Å². The van der Waals surface area contributed by atoms with Crippen LogP contribution < -0.4 is 10.6 Å². The fourth-order valence-electron chi connectivity index (χ4n) is 1.59. The highest BCUT2D eigenvalue weighted by molar-refractivity contribution is 7.00. The molecule has 0 aliphatic carbocycles. The Balaban J connectivity index is 2.28. The number of amides is 1. The van der Waals surface area contributed by atoms with Crippen LogP contribution in [0.3, 0.4) is 0 Å². The van der Waals surface area contributed by atoms with Crippen molar-refractivity contribution in [2.24, 2.45) is 5.92 Å². The lowest BCUT2D eigenvalue weighted by Crippen LogP contribution is -2.28. The van der Waals surface area contributed by atoms with Crippen LogP contribution in [0.1, 0.15) is 6.92 Å². The lowest BCUT2D eigenvalue weighted by molar-refractivity contribution is -0.119. The van der Waals surface area contributed by atoms with Gasteiger partial charge in [-0.15, -0.1) is 0 Å². The minimum absolute atomic E-state index is 0.0910. The van der Waals surface area contributed by atoms with E-state index >= 15 is 0 Å². The lowest BCUT2D eigenvalue weighted by Gasteiger charge is -2.12. The summed E-state index contributed by atoms with van der Waals surface area (Å²) in [5, 5.41) is 6.25. The average Bonchev–Trinajstić information content (AvgIpc) is 2.81. The maximum absolute atomic E-state index is 12.0. The van der Waals surface area contributed by atoms with Gasteiger partial charge in [-0.2, -0.15) is 8.75 Å². The number of nitrogens with zero attached hydrogens (tertiary/aromatic N) is 2. The van der Waals surface area contributed by atoms with Crippen LogP contribution in [0.5, 0.6) is 0 Å². The molecule has 0 bridgehead atoms. The maximum Gasteiger partial charge on any atom is 0.228 e. The van der Waals surface area contributed by atoms with Crippen molar-refractivity contribution in [3.05, 3.63) is 17.2 Å². The Kier molecular flexibility index (Phi) is 4.11. The summed E-state index contributed by atoms with van der Waals surface area (Å²) in [5.41, 5.74) is 1.91. The molecule has 5 nitrogen and oxygen atoms in total. The van der Waals surface area contributed by atoms with E-state index in [1.807, 2.05) is 14.0 Å². The topological polar surface area (TPSA) is 66.9 Å². The van der Waals surface area contributed by atoms with E-state index in [0.29, 0.717) is 22.8 Å². The Morgan fingerprint density at radius 2 is 2.28 bits per heavy atom. The van der Waals surface area contributed by atoms with E-state index in [9.17, 15) is 4.79 Å². The van der Waals surface area contributed by atoms with Crippen molar-refractivity contribution in [1.29, 1.82) is 0 Å². The number of carbonyl (C=O) groups is 1. The number of carbonyl (C=O) groups excluding carboxylic acids is 1. The number of benzene rings is 1. The molecule has 96 valence electrons. The lowest BCUT2D eigenvalue weighted by atomic mass is 10.1. The molecular weight excluding hydrogens is 272 g/mol. The molecule has 2 aromatic rings. The molecule has 0 radical (unpaired) electrons. The average molecular weight is 285 g/mol. The first-order chi connectivity index (χ1) is 8.63. The highest BCUT2D eigenvalue weighted by atomic mass is 35.5. The molecule has 7 heteroatoms. The molecule has 1 atom stereocenters. The largest absolute Gasteiger partial charge is 0.323 e. The minimum Gasteiger partial charge on any atom is -0.323 e. The third-order valence-corrected chi connectivity index (χ3v) is 3.44. The van der Waals surface area contributed by atoms with Crippen molar-refractivity contribution < 1.29 is 4.79 Å². The molecule has 1 aromatic carbocycles. The van der Waals surface area contributed by atoms with Crippen LogP contribution >= 0.6 is 23.3 Å². The Morgan fingerprint density at radius 1 is 1.50 bits per heavy atom. The van der Waals surface area contributed by atoms with Crippen molar-refractivity contribution in [3.63, 3.8) is 0 Å². The van der Waals surface area contributed by atoms with Gasteiger partial charge in [0.15, 0.2) is 0 Å². The predicted molar refractivity (Wildman–Crippen MR) is 74.1 cm³/mol. The zero-order valence-electron chi connectivity index (χ0n) is 10.0. The first-order valence-corrected chi connectivity index (χ1v) is 6.60. The van der Waals surface area contributed by atoms with Crippen molar-refractivity contribution in [3.8, 4) is 0 Å². The van der Waals surface area contributed by atoms with E-state index in [1.165, 1.54) is 0 Å². The van der Waals surface area contributed by atoms with E-state index in [2.05, 4.69) is 19.4 Å². The minimum atomic E-state index is -0.145. The third kappa shape index (κ3) is 2.60. The number of aromatic nitrogens is 2. The Labute approximate surface area is 114 Å². The normalized spacial score (nSPS) is 12.6. The molecule has 1 unspecified atom stereocenters. The quantitative estimate of drug-likeness (QED) is 0.903. The van der Waals surface area contributed by atoms with Crippen molar-refractivity contribution in [2.45, 2.75) is 6.92 Å². The van der Waals surface area contributed by atoms with E-state index in [4.69, 9.17) is 11.6 Å². The number of anilines is 1. The van der Waals surface area contributed by atoms with Crippen molar-refractivity contribution >= 4 is 46.0 Å². The summed E-state index contributed by atoms with van der Waals surface area (Å²) in [7, 11) is 1.81. The summed E-state index contributed by atoms with van der Waals surface area (Å²) in [6, 6.07) is 3.50. The molecule has 0 spiro atoms. The standard InChI is InChI=1S/C11H13ClN4OS/c1-6(5-13-2)11(17)14-9-7(12)3-4-8-10(9)16-18-15-8/h3-4,6,13H,5H2,1-2H3,(H,14,17). The summed E-state index contributed by atoms with van der Waals surface area (Å²) in [5.74, 6) is -0.236. The van der Waals surface area contributed by atoms with Crippen LogP contribution in [-0.2, 0) is 4.79 Å². The SMILES string of the molecule is CNCC(C)C(=O)Nc1c(Cl)ccc2nsnc12. The highest BCUT2D eigenvalue weighted by Gasteiger charge is 2.16. The smallest absolute Gasteiger partial charge is 0.228 e. The van der Waals surface area contributed by atoms with Crippen molar-refractivity contribution in [1.82, 2.24) is 14.1 Å². The molecule has 0 aliphatic heterocycles. The van der Waals surface area contributed by atoms with E-state index in [1.54, 1.807) is 12.1 Å². The van der Waals surface area contributed by atoms with Gasteiger partial charge in [0.1, 0.15) is 11.0 Å². The van der Waals surface area contributed by atoms with Gasteiger partial charge in [-0.3, -0.25) is 4.79 Å². The van der Waals surface area contributed by atoms with Crippen LogP contribution in [0.25, 0.3) is 11.0 Å². The summed E-state index contributed by atoms with van der Waals surface area (Å²) >= 11 is 7.19. The Hall–Kier alpha value is -1.24. The highest BCUT2D eigenvalue weighted by Crippen LogP contribution is 2.30. The second kappa shape index (κ2) is 5.60. The molecule has 1 aromatic heterocycles. The molecule has 1 heterocycles. The summed E-state index contributed by atoms with van der Waals surface area (Å²) < 4.78 is 8.27.